The first-order valence-corrected chi connectivity index (χ1v) is 10.9. The standard InChI is InChI=1S/C27H25NO6/c1-18(34-27(31)33-17-19-9-5-3-6-10-19)23-24(25(29)20-11-7-4-8-12-20)28(26(23)30)21-13-15-22(32-2)16-14-21/h3-16,18,23-24H,17H2,1-2H3/t18?,23-,24+/m0/s1. The van der Waals surface area contributed by atoms with Gasteiger partial charge >= 0.3 is 6.16 Å². The van der Waals surface area contributed by atoms with Crippen LogP contribution in [0, 0.1) is 5.92 Å². The van der Waals surface area contributed by atoms with E-state index in [0.29, 0.717) is 17.0 Å². The van der Waals surface area contributed by atoms with Gasteiger partial charge in [0, 0.05) is 11.3 Å². The predicted molar refractivity (Wildman–Crippen MR) is 126 cm³/mol. The van der Waals surface area contributed by atoms with Crippen LogP contribution in [0.2, 0.25) is 0 Å². The number of benzene rings is 3. The average molecular weight is 459 g/mol. The van der Waals surface area contributed by atoms with Gasteiger partial charge in [-0.1, -0.05) is 60.7 Å². The highest BCUT2D eigenvalue weighted by Gasteiger charge is 2.55. The fourth-order valence-corrected chi connectivity index (χ4v) is 4.03. The number of hydrogen-bond acceptors (Lipinski definition) is 6. The van der Waals surface area contributed by atoms with E-state index in [2.05, 4.69) is 0 Å². The van der Waals surface area contributed by atoms with Crippen LogP contribution < -0.4 is 9.64 Å². The fraction of sp³-hybridized carbons (Fsp3) is 0.222. The van der Waals surface area contributed by atoms with Crippen molar-refractivity contribution in [2.24, 2.45) is 5.92 Å². The van der Waals surface area contributed by atoms with Crippen LogP contribution in [0.5, 0.6) is 5.75 Å². The first kappa shape index (κ1) is 23.0. The van der Waals surface area contributed by atoms with Crippen LogP contribution in [0.15, 0.2) is 84.9 Å². The minimum absolute atomic E-state index is 0.0509. The number of ketones is 1. The van der Waals surface area contributed by atoms with Crippen molar-refractivity contribution in [1.29, 1.82) is 0 Å². The molecule has 0 spiro atoms. The molecule has 0 N–H and O–H groups in total. The quantitative estimate of drug-likeness (QED) is 0.277. The first-order valence-electron chi connectivity index (χ1n) is 10.9. The zero-order valence-electron chi connectivity index (χ0n) is 18.9. The Labute approximate surface area is 197 Å². The summed E-state index contributed by atoms with van der Waals surface area (Å²) in [5, 5.41) is 0. The second kappa shape index (κ2) is 10.2. The second-order valence-electron chi connectivity index (χ2n) is 7.95. The largest absolute Gasteiger partial charge is 0.508 e. The maximum absolute atomic E-state index is 13.4. The van der Waals surface area contributed by atoms with Gasteiger partial charge in [-0.25, -0.2) is 4.79 Å². The molecule has 3 aromatic carbocycles. The molecule has 0 aliphatic carbocycles. The number of carbonyl (C=O) groups excluding carboxylic acids is 3. The maximum Gasteiger partial charge on any atom is 0.508 e. The summed E-state index contributed by atoms with van der Waals surface area (Å²) in [7, 11) is 1.55. The third-order valence-corrected chi connectivity index (χ3v) is 5.81. The van der Waals surface area contributed by atoms with Crippen LogP contribution in [0.4, 0.5) is 10.5 Å². The van der Waals surface area contributed by atoms with Gasteiger partial charge in [-0.05, 0) is 36.8 Å². The molecule has 3 aromatic rings. The molecule has 1 fully saturated rings. The number of ether oxygens (including phenoxy) is 3. The summed E-state index contributed by atoms with van der Waals surface area (Å²) in [6, 6.07) is 24.0. The molecule has 174 valence electrons. The Bertz CT molecular complexity index is 1150. The summed E-state index contributed by atoms with van der Waals surface area (Å²) in [5.41, 5.74) is 1.85. The molecule has 1 aliphatic heterocycles. The zero-order chi connectivity index (χ0) is 24.1. The van der Waals surface area contributed by atoms with E-state index in [0.717, 1.165) is 5.56 Å². The minimum Gasteiger partial charge on any atom is -0.497 e. The number of rotatable bonds is 8. The molecule has 0 saturated carbocycles. The lowest BCUT2D eigenvalue weighted by Crippen LogP contribution is -2.68. The van der Waals surface area contributed by atoms with Gasteiger partial charge in [-0.3, -0.25) is 9.59 Å². The number of nitrogens with zero attached hydrogens (tertiary/aromatic N) is 1. The number of methoxy groups -OCH3 is 1. The van der Waals surface area contributed by atoms with Gasteiger partial charge in [0.05, 0.1) is 7.11 Å². The number of carbonyl (C=O) groups is 3. The molecule has 1 heterocycles. The minimum atomic E-state index is -0.891. The number of β-lactam (4-membered cyclic amide) rings is 1. The number of anilines is 1. The Morgan fingerprint density at radius 1 is 0.912 bits per heavy atom. The van der Waals surface area contributed by atoms with E-state index in [-0.39, 0.29) is 18.3 Å². The molecule has 1 saturated heterocycles. The SMILES string of the molecule is COc1ccc(N2C(=O)[C@@H](C(C)OC(=O)OCc3ccccc3)[C@@H]2C(=O)c2ccccc2)cc1. The summed E-state index contributed by atoms with van der Waals surface area (Å²) < 4.78 is 15.8. The zero-order valence-corrected chi connectivity index (χ0v) is 18.9. The molecular weight excluding hydrogens is 434 g/mol. The van der Waals surface area contributed by atoms with Crippen molar-refractivity contribution in [2.75, 3.05) is 12.0 Å². The molecule has 1 unspecified atom stereocenters. The van der Waals surface area contributed by atoms with E-state index < -0.39 is 24.2 Å². The van der Waals surface area contributed by atoms with E-state index in [1.165, 1.54) is 4.90 Å². The monoisotopic (exact) mass is 459 g/mol. The van der Waals surface area contributed by atoms with Gasteiger partial charge in [0.25, 0.3) is 0 Å². The summed E-state index contributed by atoms with van der Waals surface area (Å²) in [6.07, 6.45) is -1.75. The summed E-state index contributed by atoms with van der Waals surface area (Å²) in [6.45, 7) is 1.65. The fourth-order valence-electron chi connectivity index (χ4n) is 4.03. The van der Waals surface area contributed by atoms with Crippen LogP contribution in [0.1, 0.15) is 22.8 Å². The lowest BCUT2D eigenvalue weighted by Gasteiger charge is -2.47. The van der Waals surface area contributed by atoms with Gasteiger partial charge in [-0.2, -0.15) is 0 Å². The van der Waals surface area contributed by atoms with Crippen LogP contribution in [-0.4, -0.2) is 37.1 Å². The van der Waals surface area contributed by atoms with Crippen LogP contribution >= 0.6 is 0 Å². The van der Waals surface area contributed by atoms with Crippen molar-refractivity contribution in [2.45, 2.75) is 25.7 Å². The van der Waals surface area contributed by atoms with E-state index in [9.17, 15) is 14.4 Å². The van der Waals surface area contributed by atoms with E-state index in [4.69, 9.17) is 14.2 Å². The molecule has 3 atom stereocenters. The van der Waals surface area contributed by atoms with Crippen LogP contribution in [-0.2, 0) is 20.9 Å². The van der Waals surface area contributed by atoms with E-state index in [1.807, 2.05) is 36.4 Å². The number of amides is 1. The molecule has 7 heteroatoms. The normalized spacial score (nSPS) is 17.9. The Hall–Kier alpha value is -4.13. The molecule has 4 rings (SSSR count). The van der Waals surface area contributed by atoms with E-state index in [1.54, 1.807) is 62.6 Å². The highest BCUT2D eigenvalue weighted by atomic mass is 16.7. The third-order valence-electron chi connectivity index (χ3n) is 5.81. The predicted octanol–water partition coefficient (Wildman–Crippen LogP) is 4.65. The van der Waals surface area contributed by atoms with Gasteiger partial charge in [0.1, 0.15) is 30.4 Å². The summed E-state index contributed by atoms with van der Waals surface area (Å²) in [5.74, 6) is -0.729. The highest BCUT2D eigenvalue weighted by Crippen LogP contribution is 2.38. The van der Waals surface area contributed by atoms with Crippen LogP contribution in [0.3, 0.4) is 0 Å². The molecule has 0 bridgehead atoms. The van der Waals surface area contributed by atoms with Crippen molar-refractivity contribution in [1.82, 2.24) is 0 Å². The summed E-state index contributed by atoms with van der Waals surface area (Å²) >= 11 is 0. The Morgan fingerprint density at radius 3 is 2.15 bits per heavy atom. The summed E-state index contributed by atoms with van der Waals surface area (Å²) in [4.78, 5) is 40.3. The molecule has 1 aliphatic rings. The van der Waals surface area contributed by atoms with Crippen molar-refractivity contribution in [3.05, 3.63) is 96.1 Å². The molecule has 0 aromatic heterocycles. The molecule has 7 nitrogen and oxygen atoms in total. The number of hydrogen-bond donors (Lipinski definition) is 0. The van der Waals surface area contributed by atoms with Gasteiger partial charge in [-0.15, -0.1) is 0 Å². The van der Waals surface area contributed by atoms with Crippen molar-refractivity contribution in [3.8, 4) is 5.75 Å². The van der Waals surface area contributed by atoms with Crippen molar-refractivity contribution in [3.63, 3.8) is 0 Å². The Balaban J connectivity index is 1.51. The highest BCUT2D eigenvalue weighted by molar-refractivity contribution is 6.17. The van der Waals surface area contributed by atoms with Gasteiger partial charge < -0.3 is 19.1 Å². The maximum atomic E-state index is 13.4. The van der Waals surface area contributed by atoms with Gasteiger partial charge in [0.15, 0.2) is 5.78 Å². The second-order valence-corrected chi connectivity index (χ2v) is 7.95. The smallest absolute Gasteiger partial charge is 0.497 e. The lowest BCUT2D eigenvalue weighted by molar-refractivity contribution is -0.134. The van der Waals surface area contributed by atoms with Crippen molar-refractivity contribution >= 4 is 23.5 Å². The topological polar surface area (TPSA) is 82.1 Å². The lowest BCUT2D eigenvalue weighted by atomic mass is 9.78. The Kier molecular flexibility index (Phi) is 6.92. The molecule has 34 heavy (non-hydrogen) atoms. The van der Waals surface area contributed by atoms with Crippen molar-refractivity contribution < 1.29 is 28.6 Å². The molecule has 1 amide bonds. The average Bonchev–Trinajstić information content (AvgIpc) is 2.87. The van der Waals surface area contributed by atoms with Gasteiger partial charge in [0.2, 0.25) is 5.91 Å². The third kappa shape index (κ3) is 4.78. The Morgan fingerprint density at radius 2 is 1.53 bits per heavy atom. The molecular formula is C27H25NO6. The number of Topliss-reactive ketones (excluding diaryl/α,β-unsaturated/α-hetero) is 1. The van der Waals surface area contributed by atoms with E-state index >= 15 is 0 Å². The molecule has 0 radical (unpaired) electrons. The first-order chi connectivity index (χ1) is 16.5. The van der Waals surface area contributed by atoms with Crippen LogP contribution in [0.25, 0.3) is 0 Å².